The van der Waals surface area contributed by atoms with Gasteiger partial charge in [0.2, 0.25) is 0 Å². The van der Waals surface area contributed by atoms with E-state index in [0.717, 1.165) is 0 Å². The summed E-state index contributed by atoms with van der Waals surface area (Å²) in [5.41, 5.74) is 0. The van der Waals surface area contributed by atoms with Crippen LogP contribution in [0.5, 0.6) is 0 Å². The molecule has 6 nitrogen and oxygen atoms in total. The van der Waals surface area contributed by atoms with Gasteiger partial charge in [0, 0.05) is 6.61 Å². The number of ether oxygens (including phenoxy) is 1. The van der Waals surface area contributed by atoms with Crippen LogP contribution in [0.3, 0.4) is 0 Å². The monoisotopic (exact) mass is 311 g/mol. The Hall–Kier alpha value is -0.700. The van der Waals surface area contributed by atoms with Gasteiger partial charge in [-0.2, -0.15) is 4.68 Å². The smallest absolute Gasteiger partial charge is 0.358 e. The molecule has 0 radical (unpaired) electrons. The summed E-state index contributed by atoms with van der Waals surface area (Å²) in [6.45, 7) is 4.20. The largest absolute Gasteiger partial charge is 0.403 e. The summed E-state index contributed by atoms with van der Waals surface area (Å²) < 4.78 is 7.21. The van der Waals surface area contributed by atoms with Crippen LogP contribution in [0.4, 0.5) is 5.82 Å². The van der Waals surface area contributed by atoms with Crippen molar-refractivity contribution in [1.29, 1.82) is 0 Å². The summed E-state index contributed by atoms with van der Waals surface area (Å²) in [6.07, 6.45) is 1.32. The first-order valence-corrected chi connectivity index (χ1v) is 5.14. The molecule has 0 N–H and O–H groups in total. The maximum absolute atomic E-state index is 10.5. The van der Waals surface area contributed by atoms with Crippen LogP contribution in [-0.4, -0.2) is 21.3 Å². The Morgan fingerprint density at radius 3 is 2.93 bits per heavy atom. The third-order valence-electron chi connectivity index (χ3n) is 1.62. The van der Waals surface area contributed by atoms with E-state index in [9.17, 15) is 10.1 Å². The predicted molar refractivity (Wildman–Crippen MR) is 57.9 cm³/mol. The van der Waals surface area contributed by atoms with Gasteiger partial charge in [-0.1, -0.05) is 0 Å². The van der Waals surface area contributed by atoms with E-state index in [4.69, 9.17) is 4.74 Å². The van der Waals surface area contributed by atoms with Crippen LogP contribution in [0.25, 0.3) is 0 Å². The fourth-order valence-corrected chi connectivity index (χ4v) is 1.58. The molecular weight excluding hydrogens is 301 g/mol. The highest BCUT2D eigenvalue weighted by Crippen LogP contribution is 2.20. The number of nitro groups is 1. The molecule has 1 rings (SSSR count). The molecule has 0 aliphatic rings. The third kappa shape index (κ3) is 2.41. The minimum Gasteiger partial charge on any atom is -0.358 e. The number of rotatable bonds is 4. The van der Waals surface area contributed by atoms with E-state index in [1.807, 2.05) is 29.5 Å². The number of nitrogens with zero attached hydrogens (tertiary/aromatic N) is 3. The Morgan fingerprint density at radius 2 is 2.50 bits per heavy atom. The molecule has 7 heteroatoms. The van der Waals surface area contributed by atoms with Crippen molar-refractivity contribution < 1.29 is 9.66 Å². The Morgan fingerprint density at radius 1 is 1.86 bits per heavy atom. The van der Waals surface area contributed by atoms with E-state index in [1.54, 1.807) is 13.1 Å². The molecular formula is C7H10IN3O3. The number of halogens is 1. The van der Waals surface area contributed by atoms with E-state index < -0.39 is 4.92 Å². The molecule has 1 aromatic rings. The molecule has 0 amide bonds. The number of hydrogen-bond donors (Lipinski definition) is 0. The second-order valence-electron chi connectivity index (χ2n) is 2.59. The fourth-order valence-electron chi connectivity index (χ4n) is 0.987. The van der Waals surface area contributed by atoms with Gasteiger partial charge in [-0.05, 0) is 41.4 Å². The lowest BCUT2D eigenvalue weighted by molar-refractivity contribution is -0.390. The van der Waals surface area contributed by atoms with Gasteiger partial charge in [0.1, 0.15) is 3.57 Å². The van der Waals surface area contributed by atoms with Crippen molar-refractivity contribution >= 4 is 28.4 Å². The molecule has 0 saturated carbocycles. The zero-order valence-corrected chi connectivity index (χ0v) is 9.96. The topological polar surface area (TPSA) is 70.2 Å². The van der Waals surface area contributed by atoms with Crippen molar-refractivity contribution in [2.45, 2.75) is 20.1 Å². The summed E-state index contributed by atoms with van der Waals surface area (Å²) in [7, 11) is 0. The van der Waals surface area contributed by atoms with Crippen LogP contribution < -0.4 is 0 Å². The molecule has 0 spiro atoms. The molecule has 0 aliphatic heterocycles. The normalized spacial score (nSPS) is 12.8. The molecule has 0 fully saturated rings. The number of aromatic nitrogens is 2. The van der Waals surface area contributed by atoms with Gasteiger partial charge in [0.25, 0.3) is 0 Å². The van der Waals surface area contributed by atoms with Gasteiger partial charge in [-0.15, -0.1) is 0 Å². The zero-order valence-electron chi connectivity index (χ0n) is 7.81. The van der Waals surface area contributed by atoms with E-state index in [1.165, 1.54) is 4.68 Å². The summed E-state index contributed by atoms with van der Waals surface area (Å²) >= 11 is 1.88. The van der Waals surface area contributed by atoms with Crippen LogP contribution in [0.2, 0.25) is 0 Å². The van der Waals surface area contributed by atoms with Crippen molar-refractivity contribution in [3.8, 4) is 0 Å². The first-order chi connectivity index (χ1) is 6.56. The molecule has 0 saturated heterocycles. The molecule has 1 unspecified atom stereocenters. The lowest BCUT2D eigenvalue weighted by Crippen LogP contribution is -2.09. The van der Waals surface area contributed by atoms with Crippen molar-refractivity contribution in [3.05, 3.63) is 19.9 Å². The molecule has 0 aliphatic carbocycles. The molecule has 1 heterocycles. The van der Waals surface area contributed by atoms with Crippen molar-refractivity contribution in [1.82, 2.24) is 9.78 Å². The summed E-state index contributed by atoms with van der Waals surface area (Å²) in [4.78, 5) is 10.00. The van der Waals surface area contributed by atoms with E-state index in [2.05, 4.69) is 5.10 Å². The lowest BCUT2D eigenvalue weighted by Gasteiger charge is -2.07. The minimum atomic E-state index is -0.503. The molecule has 14 heavy (non-hydrogen) atoms. The highest BCUT2D eigenvalue weighted by molar-refractivity contribution is 14.1. The van der Waals surface area contributed by atoms with Crippen LogP contribution in [0.1, 0.15) is 20.1 Å². The van der Waals surface area contributed by atoms with Crippen LogP contribution in [0, 0.1) is 13.7 Å². The van der Waals surface area contributed by atoms with E-state index in [-0.39, 0.29) is 12.0 Å². The first-order valence-electron chi connectivity index (χ1n) is 4.07. The third-order valence-corrected chi connectivity index (χ3v) is 2.38. The van der Waals surface area contributed by atoms with Gasteiger partial charge >= 0.3 is 5.82 Å². The Bertz CT molecular complexity index is 339. The zero-order chi connectivity index (χ0) is 10.7. The summed E-state index contributed by atoms with van der Waals surface area (Å²) in [5.74, 6) is -0.128. The molecule has 0 bridgehead atoms. The molecule has 78 valence electrons. The predicted octanol–water partition coefficient (Wildman–Crippen LogP) is 1.95. The van der Waals surface area contributed by atoms with Crippen LogP contribution in [0.15, 0.2) is 6.20 Å². The Labute approximate surface area is 94.5 Å². The second kappa shape index (κ2) is 4.69. The van der Waals surface area contributed by atoms with Gasteiger partial charge < -0.3 is 14.9 Å². The van der Waals surface area contributed by atoms with Crippen molar-refractivity contribution in [3.63, 3.8) is 0 Å². The van der Waals surface area contributed by atoms with Crippen molar-refractivity contribution in [2.75, 3.05) is 6.61 Å². The second-order valence-corrected chi connectivity index (χ2v) is 3.75. The molecule has 1 aromatic heterocycles. The quantitative estimate of drug-likeness (QED) is 0.484. The highest BCUT2D eigenvalue weighted by Gasteiger charge is 2.21. The maximum atomic E-state index is 10.5. The summed E-state index contributed by atoms with van der Waals surface area (Å²) in [6, 6.07) is 0. The highest BCUT2D eigenvalue weighted by atomic mass is 127. The average Bonchev–Trinajstić information content (AvgIpc) is 2.48. The average molecular weight is 311 g/mol. The number of hydrogen-bond acceptors (Lipinski definition) is 4. The minimum absolute atomic E-state index is 0.128. The van der Waals surface area contributed by atoms with E-state index in [0.29, 0.717) is 10.2 Å². The SMILES string of the molecule is CCOC(C)n1cc(I)c([N+](=O)[O-])n1. The first kappa shape index (κ1) is 11.4. The summed E-state index contributed by atoms with van der Waals surface area (Å²) in [5, 5.41) is 14.3. The van der Waals surface area contributed by atoms with Crippen molar-refractivity contribution in [2.24, 2.45) is 0 Å². The molecule has 0 aromatic carbocycles. The van der Waals surface area contributed by atoms with Gasteiger partial charge in [0.15, 0.2) is 6.23 Å². The van der Waals surface area contributed by atoms with E-state index >= 15 is 0 Å². The van der Waals surface area contributed by atoms with Crippen LogP contribution >= 0.6 is 22.6 Å². The molecule has 1 atom stereocenters. The Kier molecular flexibility index (Phi) is 3.81. The van der Waals surface area contributed by atoms with Gasteiger partial charge in [0.05, 0.1) is 11.3 Å². The standard InChI is InChI=1S/C7H10IN3O3/c1-3-14-5(2)10-4-6(8)7(9-10)11(12)13/h4-5H,3H2,1-2H3. The van der Waals surface area contributed by atoms with Crippen LogP contribution in [-0.2, 0) is 4.74 Å². The Balaban J connectivity index is 2.90. The van der Waals surface area contributed by atoms with Gasteiger partial charge in [-0.3, -0.25) is 0 Å². The fraction of sp³-hybridized carbons (Fsp3) is 0.571. The lowest BCUT2D eigenvalue weighted by atomic mass is 10.6. The van der Waals surface area contributed by atoms with Gasteiger partial charge in [-0.25, -0.2) is 0 Å². The maximum Gasteiger partial charge on any atom is 0.403 e.